The molecule has 8 heteroatoms. The summed E-state index contributed by atoms with van der Waals surface area (Å²) in [5.41, 5.74) is 0.880. The fourth-order valence-electron chi connectivity index (χ4n) is 4.12. The zero-order chi connectivity index (χ0) is 26.0. The van der Waals surface area contributed by atoms with Crippen molar-refractivity contribution in [1.82, 2.24) is 16.0 Å². The molecule has 0 aliphatic carbocycles. The lowest BCUT2D eigenvalue weighted by Crippen LogP contribution is -2.55. The van der Waals surface area contributed by atoms with Crippen molar-refractivity contribution in [3.8, 4) is 0 Å². The number of carbonyl (C=O) groups is 4. The Bertz CT molecular complexity index is 860. The molecule has 0 saturated carbocycles. The Morgan fingerprint density at radius 1 is 0.943 bits per heavy atom. The van der Waals surface area contributed by atoms with Gasteiger partial charge in [-0.1, -0.05) is 77.3 Å². The average molecular weight is 488 g/mol. The lowest BCUT2D eigenvalue weighted by atomic mass is 9.94. The highest BCUT2D eigenvalue weighted by molar-refractivity contribution is 5.94. The van der Waals surface area contributed by atoms with Gasteiger partial charge in [-0.05, 0) is 30.7 Å². The Kier molecular flexibility index (Phi) is 11.2. The number of hydrogen-bond donors (Lipinski definition) is 3. The number of rotatable bonds is 8. The van der Waals surface area contributed by atoms with Crippen molar-refractivity contribution < 1.29 is 23.9 Å². The van der Waals surface area contributed by atoms with Crippen LogP contribution in [0.5, 0.6) is 0 Å². The monoisotopic (exact) mass is 487 g/mol. The van der Waals surface area contributed by atoms with Crippen LogP contribution in [0.15, 0.2) is 30.3 Å². The number of nitrogens with one attached hydrogen (secondary N) is 3. The molecule has 1 heterocycles. The van der Waals surface area contributed by atoms with Crippen LogP contribution in [0.25, 0.3) is 0 Å². The van der Waals surface area contributed by atoms with Gasteiger partial charge in [0.2, 0.25) is 17.7 Å². The van der Waals surface area contributed by atoms with E-state index in [9.17, 15) is 19.2 Å². The fourth-order valence-corrected chi connectivity index (χ4v) is 4.12. The molecular weight excluding hydrogens is 446 g/mol. The number of benzene rings is 1. The number of cyclic esters (lactones) is 1. The minimum absolute atomic E-state index is 0.0497. The molecule has 1 saturated heterocycles. The van der Waals surface area contributed by atoms with Gasteiger partial charge in [0.15, 0.2) is 0 Å². The van der Waals surface area contributed by atoms with Gasteiger partial charge < -0.3 is 20.7 Å². The van der Waals surface area contributed by atoms with Crippen molar-refractivity contribution in [2.24, 2.45) is 11.8 Å². The zero-order valence-corrected chi connectivity index (χ0v) is 21.6. The van der Waals surface area contributed by atoms with E-state index in [1.165, 1.54) is 0 Å². The Labute approximate surface area is 208 Å². The highest BCUT2D eigenvalue weighted by Crippen LogP contribution is 2.21. The predicted octanol–water partition coefficient (Wildman–Crippen LogP) is 2.89. The van der Waals surface area contributed by atoms with Gasteiger partial charge in [0.05, 0.1) is 6.42 Å². The third-order valence-electron chi connectivity index (χ3n) is 6.75. The molecule has 1 fully saturated rings. The van der Waals surface area contributed by atoms with Gasteiger partial charge in [-0.25, -0.2) is 4.79 Å². The minimum Gasteiger partial charge on any atom is -0.460 e. The maximum Gasteiger partial charge on any atom is 0.329 e. The summed E-state index contributed by atoms with van der Waals surface area (Å²) in [7, 11) is 0. The van der Waals surface area contributed by atoms with Crippen LogP contribution in [-0.4, -0.2) is 47.9 Å². The SMILES string of the molecule is CCCC[C@H](C)[C@@H]1CC(=O)N[C@H](Cc2ccccc2)C(=O)N[C@@H](C)C(=O)NC([C@H](C)CC)C(=O)O1. The lowest BCUT2D eigenvalue weighted by molar-refractivity contribution is -0.158. The summed E-state index contributed by atoms with van der Waals surface area (Å²) in [4.78, 5) is 52.3. The van der Waals surface area contributed by atoms with Crippen LogP contribution in [-0.2, 0) is 30.3 Å². The summed E-state index contributed by atoms with van der Waals surface area (Å²) in [5, 5.41) is 8.28. The van der Waals surface area contributed by atoms with E-state index < -0.39 is 42.0 Å². The first kappa shape index (κ1) is 28.3. The van der Waals surface area contributed by atoms with Crippen LogP contribution in [0.2, 0.25) is 0 Å². The second-order valence-electron chi connectivity index (χ2n) is 9.71. The van der Waals surface area contributed by atoms with Gasteiger partial charge >= 0.3 is 5.97 Å². The van der Waals surface area contributed by atoms with Gasteiger partial charge in [0, 0.05) is 6.42 Å². The van der Waals surface area contributed by atoms with Crippen molar-refractivity contribution in [2.75, 3.05) is 0 Å². The lowest BCUT2D eigenvalue weighted by Gasteiger charge is -2.29. The summed E-state index contributed by atoms with van der Waals surface area (Å²) in [5.74, 6) is -2.07. The van der Waals surface area contributed by atoms with Crippen molar-refractivity contribution in [1.29, 1.82) is 0 Å². The molecule has 1 unspecified atom stereocenters. The van der Waals surface area contributed by atoms with Crippen LogP contribution in [0.3, 0.4) is 0 Å². The summed E-state index contributed by atoms with van der Waals surface area (Å²) < 4.78 is 5.87. The quantitative estimate of drug-likeness (QED) is 0.488. The van der Waals surface area contributed by atoms with Crippen molar-refractivity contribution in [2.45, 2.75) is 97.4 Å². The molecule has 2 rings (SSSR count). The summed E-state index contributed by atoms with van der Waals surface area (Å²) >= 11 is 0. The first-order chi connectivity index (χ1) is 16.7. The molecule has 0 spiro atoms. The average Bonchev–Trinajstić information content (AvgIpc) is 2.84. The molecular formula is C27H41N3O5. The molecule has 0 radical (unpaired) electrons. The van der Waals surface area contributed by atoms with Crippen LogP contribution < -0.4 is 16.0 Å². The predicted molar refractivity (Wildman–Crippen MR) is 134 cm³/mol. The van der Waals surface area contributed by atoms with Crippen LogP contribution >= 0.6 is 0 Å². The molecule has 0 bridgehead atoms. The van der Waals surface area contributed by atoms with Crippen LogP contribution in [0, 0.1) is 11.8 Å². The van der Waals surface area contributed by atoms with E-state index in [1.54, 1.807) is 6.92 Å². The Morgan fingerprint density at radius 2 is 1.63 bits per heavy atom. The normalized spacial score (nSPS) is 26.1. The molecule has 194 valence electrons. The van der Waals surface area contributed by atoms with Crippen molar-refractivity contribution >= 4 is 23.7 Å². The summed E-state index contributed by atoms with van der Waals surface area (Å²) in [6.07, 6.45) is 2.95. The Morgan fingerprint density at radius 3 is 2.26 bits per heavy atom. The number of hydrogen-bond acceptors (Lipinski definition) is 5. The number of amides is 3. The van der Waals surface area contributed by atoms with Crippen LogP contribution in [0.1, 0.15) is 72.3 Å². The second kappa shape index (κ2) is 13.9. The number of carbonyl (C=O) groups excluding carboxylic acids is 4. The molecule has 1 aromatic carbocycles. The number of esters is 1. The molecule has 1 aliphatic heterocycles. The van der Waals surface area contributed by atoms with Gasteiger partial charge in [-0.2, -0.15) is 0 Å². The molecule has 35 heavy (non-hydrogen) atoms. The smallest absolute Gasteiger partial charge is 0.329 e. The fraction of sp³-hybridized carbons (Fsp3) is 0.630. The van der Waals surface area contributed by atoms with E-state index >= 15 is 0 Å². The largest absolute Gasteiger partial charge is 0.460 e. The first-order valence-electron chi connectivity index (χ1n) is 12.8. The van der Waals surface area contributed by atoms with E-state index in [2.05, 4.69) is 22.9 Å². The van der Waals surface area contributed by atoms with Crippen LogP contribution in [0.4, 0.5) is 0 Å². The third kappa shape index (κ3) is 8.67. The third-order valence-corrected chi connectivity index (χ3v) is 6.75. The van der Waals surface area contributed by atoms with E-state index in [1.807, 2.05) is 51.1 Å². The maximum atomic E-state index is 13.2. The van der Waals surface area contributed by atoms with Gasteiger partial charge in [-0.15, -0.1) is 0 Å². The first-order valence-corrected chi connectivity index (χ1v) is 12.8. The van der Waals surface area contributed by atoms with Gasteiger partial charge in [0.25, 0.3) is 0 Å². The number of ether oxygens (including phenoxy) is 1. The molecule has 1 aliphatic rings. The van der Waals surface area contributed by atoms with E-state index in [0.717, 1.165) is 24.8 Å². The van der Waals surface area contributed by atoms with E-state index in [4.69, 9.17) is 4.74 Å². The topological polar surface area (TPSA) is 114 Å². The van der Waals surface area contributed by atoms with Gasteiger partial charge in [-0.3, -0.25) is 14.4 Å². The molecule has 8 nitrogen and oxygen atoms in total. The maximum absolute atomic E-state index is 13.2. The zero-order valence-electron chi connectivity index (χ0n) is 21.6. The van der Waals surface area contributed by atoms with E-state index in [-0.39, 0.29) is 30.6 Å². The van der Waals surface area contributed by atoms with E-state index in [0.29, 0.717) is 6.42 Å². The Hall–Kier alpha value is -2.90. The summed E-state index contributed by atoms with van der Waals surface area (Å²) in [6.45, 7) is 9.40. The molecule has 3 N–H and O–H groups in total. The van der Waals surface area contributed by atoms with Crippen molar-refractivity contribution in [3.05, 3.63) is 35.9 Å². The highest BCUT2D eigenvalue weighted by atomic mass is 16.5. The minimum atomic E-state index is -0.892. The molecule has 6 atom stereocenters. The standard InChI is InChI=1S/C27H41N3O5/c1-6-8-12-18(4)22-16-23(31)29-21(15-20-13-10-9-11-14-20)26(33)28-19(5)25(32)30-24(17(3)7-2)27(34)35-22/h9-11,13-14,17-19,21-22,24H,6-8,12,15-16H2,1-5H3,(H,28,33)(H,29,31)(H,30,32)/t17-,18+,19+,21-,22+,24?/m1/s1. The molecule has 3 amide bonds. The second-order valence-corrected chi connectivity index (χ2v) is 9.71. The molecule has 0 aromatic heterocycles. The molecule has 1 aromatic rings. The Balaban J connectivity index is 2.37. The van der Waals surface area contributed by atoms with Gasteiger partial charge in [0.1, 0.15) is 24.2 Å². The highest BCUT2D eigenvalue weighted by Gasteiger charge is 2.35. The summed E-state index contributed by atoms with van der Waals surface area (Å²) in [6, 6.07) is 6.75. The number of unbranched alkanes of at least 4 members (excludes halogenated alkanes) is 1. The van der Waals surface area contributed by atoms with Crippen molar-refractivity contribution in [3.63, 3.8) is 0 Å².